The molecule has 24 heavy (non-hydrogen) atoms. The summed E-state index contributed by atoms with van der Waals surface area (Å²) in [5, 5.41) is 11.8. The summed E-state index contributed by atoms with van der Waals surface area (Å²) in [6, 6.07) is 6.86. The largest absolute Gasteiger partial charge is 0.479 e. The molecule has 0 radical (unpaired) electrons. The fourth-order valence-electron chi connectivity index (χ4n) is 2.21. The van der Waals surface area contributed by atoms with Gasteiger partial charge in [-0.3, -0.25) is 14.6 Å². The second-order valence-corrected chi connectivity index (χ2v) is 5.31. The van der Waals surface area contributed by atoms with Gasteiger partial charge in [0.25, 0.3) is 5.56 Å². The van der Waals surface area contributed by atoms with Crippen LogP contribution in [0.15, 0.2) is 46.1 Å². The van der Waals surface area contributed by atoms with Crippen molar-refractivity contribution in [1.82, 2.24) is 14.9 Å². The molecule has 2 rings (SSSR count). The van der Waals surface area contributed by atoms with Crippen molar-refractivity contribution >= 4 is 11.9 Å². The number of carboxylic acids is 1. The number of carbonyl (C=O) groups excluding carboxylic acids is 1. The lowest BCUT2D eigenvalue weighted by Gasteiger charge is -2.15. The lowest BCUT2D eigenvalue weighted by Crippen LogP contribution is -2.35. The van der Waals surface area contributed by atoms with Crippen LogP contribution in [0.3, 0.4) is 0 Å². The SMILES string of the molecule is Cc1cccc([C@@H](NC(=O)CCn2ccc(=O)[nH]c2=O)C(=O)O)c1. The lowest BCUT2D eigenvalue weighted by atomic mass is 10.0. The molecule has 0 aliphatic heterocycles. The molecule has 1 aromatic heterocycles. The third kappa shape index (κ3) is 4.42. The zero-order chi connectivity index (χ0) is 17.7. The van der Waals surface area contributed by atoms with Gasteiger partial charge in [0.05, 0.1) is 0 Å². The lowest BCUT2D eigenvalue weighted by molar-refractivity contribution is -0.142. The Hall–Kier alpha value is -3.16. The van der Waals surface area contributed by atoms with Gasteiger partial charge in [-0.2, -0.15) is 0 Å². The number of aryl methyl sites for hydroxylation is 2. The van der Waals surface area contributed by atoms with E-state index in [9.17, 15) is 24.3 Å². The van der Waals surface area contributed by atoms with Gasteiger partial charge in [-0.15, -0.1) is 0 Å². The number of amides is 1. The van der Waals surface area contributed by atoms with Gasteiger partial charge in [0.1, 0.15) is 0 Å². The minimum absolute atomic E-state index is 0.0294. The molecule has 0 fully saturated rings. The third-order valence-electron chi connectivity index (χ3n) is 3.40. The number of nitrogens with one attached hydrogen (secondary N) is 2. The summed E-state index contributed by atoms with van der Waals surface area (Å²) >= 11 is 0. The number of hydrogen-bond donors (Lipinski definition) is 3. The van der Waals surface area contributed by atoms with Crippen LogP contribution in [0, 0.1) is 6.92 Å². The smallest absolute Gasteiger partial charge is 0.330 e. The van der Waals surface area contributed by atoms with Crippen molar-refractivity contribution in [3.8, 4) is 0 Å². The predicted octanol–water partition coefficient (Wildman–Crippen LogP) is 0.177. The van der Waals surface area contributed by atoms with E-state index >= 15 is 0 Å². The molecule has 0 aliphatic carbocycles. The molecule has 1 aromatic carbocycles. The number of aromatic amines is 1. The Bertz CT molecular complexity index is 868. The molecule has 2 aromatic rings. The number of nitrogens with zero attached hydrogens (tertiary/aromatic N) is 1. The van der Waals surface area contributed by atoms with Gasteiger partial charge in [-0.05, 0) is 12.5 Å². The Balaban J connectivity index is 2.04. The highest BCUT2D eigenvalue weighted by molar-refractivity contribution is 5.84. The number of aliphatic carboxylic acids is 1. The molecular weight excluding hydrogens is 314 g/mol. The molecular formula is C16H17N3O5. The van der Waals surface area contributed by atoms with Gasteiger partial charge < -0.3 is 15.0 Å². The Labute approximate surface area is 136 Å². The van der Waals surface area contributed by atoms with Crippen LogP contribution in [0.2, 0.25) is 0 Å². The standard InChI is InChI=1S/C16H17N3O5/c1-10-3-2-4-11(9-10)14(15(22)23)17-12(20)5-7-19-8-6-13(21)18-16(19)24/h2-4,6,8-9,14H,5,7H2,1H3,(H,17,20)(H,22,23)(H,18,21,24)/t14-/m1/s1. The molecule has 3 N–H and O–H groups in total. The summed E-state index contributed by atoms with van der Waals surface area (Å²) in [6.45, 7) is 1.86. The summed E-state index contributed by atoms with van der Waals surface area (Å²) in [6.07, 6.45) is 1.19. The van der Waals surface area contributed by atoms with Crippen molar-refractivity contribution in [1.29, 1.82) is 0 Å². The summed E-state index contributed by atoms with van der Waals surface area (Å²) in [5.41, 5.74) is 0.208. The summed E-state index contributed by atoms with van der Waals surface area (Å²) in [5.74, 6) is -1.68. The van der Waals surface area contributed by atoms with Crippen LogP contribution in [-0.4, -0.2) is 26.5 Å². The zero-order valence-electron chi connectivity index (χ0n) is 13.0. The fourth-order valence-corrected chi connectivity index (χ4v) is 2.21. The number of H-pyrrole nitrogens is 1. The molecule has 0 spiro atoms. The maximum atomic E-state index is 12.0. The second-order valence-electron chi connectivity index (χ2n) is 5.31. The van der Waals surface area contributed by atoms with E-state index in [0.29, 0.717) is 5.56 Å². The van der Waals surface area contributed by atoms with Gasteiger partial charge in [0, 0.05) is 25.2 Å². The highest BCUT2D eigenvalue weighted by atomic mass is 16.4. The number of rotatable bonds is 6. The van der Waals surface area contributed by atoms with E-state index in [1.165, 1.54) is 16.8 Å². The molecule has 0 saturated carbocycles. The Kier molecular flexibility index (Phi) is 5.31. The highest BCUT2D eigenvalue weighted by Crippen LogP contribution is 2.15. The molecule has 0 unspecified atom stereocenters. The topological polar surface area (TPSA) is 121 Å². The van der Waals surface area contributed by atoms with E-state index in [1.54, 1.807) is 18.2 Å². The van der Waals surface area contributed by atoms with Crippen LogP contribution in [0.4, 0.5) is 0 Å². The quantitative estimate of drug-likeness (QED) is 0.697. The summed E-state index contributed by atoms with van der Waals surface area (Å²) in [7, 11) is 0. The normalized spacial score (nSPS) is 11.7. The Morgan fingerprint density at radius 3 is 2.67 bits per heavy atom. The van der Waals surface area contributed by atoms with Gasteiger partial charge in [-0.25, -0.2) is 9.59 Å². The van der Waals surface area contributed by atoms with E-state index in [1.807, 2.05) is 13.0 Å². The van der Waals surface area contributed by atoms with E-state index in [-0.39, 0.29) is 13.0 Å². The van der Waals surface area contributed by atoms with Gasteiger partial charge in [0.15, 0.2) is 6.04 Å². The average molecular weight is 331 g/mol. The van der Waals surface area contributed by atoms with E-state index in [2.05, 4.69) is 10.3 Å². The first-order valence-corrected chi connectivity index (χ1v) is 7.25. The van der Waals surface area contributed by atoms with Crippen LogP contribution in [-0.2, 0) is 16.1 Å². The second kappa shape index (κ2) is 7.40. The van der Waals surface area contributed by atoms with Gasteiger partial charge >= 0.3 is 11.7 Å². The van der Waals surface area contributed by atoms with Crippen LogP contribution < -0.4 is 16.6 Å². The number of aromatic nitrogens is 2. The number of carboxylic acid groups (broad SMARTS) is 1. The van der Waals surface area contributed by atoms with Crippen molar-refractivity contribution in [2.75, 3.05) is 0 Å². The molecule has 1 amide bonds. The molecule has 0 saturated heterocycles. The monoisotopic (exact) mass is 331 g/mol. The Morgan fingerprint density at radius 2 is 2.04 bits per heavy atom. The van der Waals surface area contributed by atoms with Crippen molar-refractivity contribution in [3.63, 3.8) is 0 Å². The molecule has 0 aliphatic rings. The van der Waals surface area contributed by atoms with Crippen LogP contribution in [0.5, 0.6) is 0 Å². The number of hydrogen-bond acceptors (Lipinski definition) is 4. The first-order chi connectivity index (χ1) is 11.4. The number of carbonyl (C=O) groups is 2. The minimum atomic E-state index is -1.17. The molecule has 8 nitrogen and oxygen atoms in total. The molecule has 8 heteroatoms. The first kappa shape index (κ1) is 17.2. The molecule has 1 atom stereocenters. The van der Waals surface area contributed by atoms with E-state index in [0.717, 1.165) is 5.56 Å². The van der Waals surface area contributed by atoms with Gasteiger partial charge in [-0.1, -0.05) is 29.8 Å². The molecule has 126 valence electrons. The van der Waals surface area contributed by atoms with Crippen LogP contribution in [0.1, 0.15) is 23.6 Å². The highest BCUT2D eigenvalue weighted by Gasteiger charge is 2.21. The predicted molar refractivity (Wildman–Crippen MR) is 85.6 cm³/mol. The third-order valence-corrected chi connectivity index (χ3v) is 3.40. The molecule has 0 bridgehead atoms. The van der Waals surface area contributed by atoms with Gasteiger partial charge in [0.2, 0.25) is 5.91 Å². The number of benzene rings is 1. The minimum Gasteiger partial charge on any atom is -0.479 e. The first-order valence-electron chi connectivity index (χ1n) is 7.25. The maximum absolute atomic E-state index is 12.0. The Morgan fingerprint density at radius 1 is 1.29 bits per heavy atom. The van der Waals surface area contributed by atoms with Crippen molar-refractivity contribution in [3.05, 3.63) is 68.5 Å². The summed E-state index contributed by atoms with van der Waals surface area (Å²) in [4.78, 5) is 48.0. The van der Waals surface area contributed by atoms with Crippen LogP contribution >= 0.6 is 0 Å². The fraction of sp³-hybridized carbons (Fsp3) is 0.250. The van der Waals surface area contributed by atoms with E-state index < -0.39 is 29.2 Å². The zero-order valence-corrected chi connectivity index (χ0v) is 13.0. The van der Waals surface area contributed by atoms with Crippen molar-refractivity contribution in [2.45, 2.75) is 25.9 Å². The molecule has 1 heterocycles. The van der Waals surface area contributed by atoms with Crippen molar-refractivity contribution < 1.29 is 14.7 Å². The van der Waals surface area contributed by atoms with Crippen molar-refractivity contribution in [2.24, 2.45) is 0 Å². The maximum Gasteiger partial charge on any atom is 0.330 e. The van der Waals surface area contributed by atoms with Crippen LogP contribution in [0.25, 0.3) is 0 Å². The average Bonchev–Trinajstić information content (AvgIpc) is 2.51. The van der Waals surface area contributed by atoms with E-state index in [4.69, 9.17) is 0 Å². The summed E-state index contributed by atoms with van der Waals surface area (Å²) < 4.78 is 1.17.